The summed E-state index contributed by atoms with van der Waals surface area (Å²) in [7, 11) is 0. The lowest BCUT2D eigenvalue weighted by Gasteiger charge is -2.22. The number of rotatable bonds is 2. The van der Waals surface area contributed by atoms with Crippen LogP contribution >= 0.6 is 0 Å². The maximum Gasteiger partial charge on any atom is 0.264 e. The van der Waals surface area contributed by atoms with Gasteiger partial charge in [-0.15, -0.1) is 0 Å². The monoisotopic (exact) mass is 203 g/mol. The van der Waals surface area contributed by atoms with Crippen LogP contribution in [-0.4, -0.2) is 17.4 Å². The molecule has 1 amide bonds. The van der Waals surface area contributed by atoms with E-state index in [0.717, 1.165) is 13.0 Å². The molecule has 1 aromatic rings. The number of amides is 1. The van der Waals surface area contributed by atoms with Crippen LogP contribution in [0.3, 0.4) is 0 Å². The fourth-order valence-electron chi connectivity index (χ4n) is 1.73. The maximum atomic E-state index is 10.9. The van der Waals surface area contributed by atoms with Crippen LogP contribution in [0.1, 0.15) is 17.9 Å². The molecule has 4 nitrogen and oxygen atoms in total. The number of carbonyl (C=O) groups excluding carboxylic acids is 1. The van der Waals surface area contributed by atoms with Crippen LogP contribution in [0, 0.1) is 0 Å². The average Bonchev–Trinajstić information content (AvgIpc) is 2.30. The van der Waals surface area contributed by atoms with Crippen LogP contribution in [0.4, 0.5) is 0 Å². The van der Waals surface area contributed by atoms with E-state index in [1.165, 1.54) is 5.56 Å². The van der Waals surface area contributed by atoms with Crippen molar-refractivity contribution in [2.75, 3.05) is 6.54 Å². The van der Waals surface area contributed by atoms with Crippen molar-refractivity contribution in [3.63, 3.8) is 0 Å². The summed E-state index contributed by atoms with van der Waals surface area (Å²) < 4.78 is 0. The number of nitrogens with zero attached hydrogens (tertiary/aromatic N) is 1. The molecule has 78 valence electrons. The van der Waals surface area contributed by atoms with Gasteiger partial charge in [0.15, 0.2) is 0 Å². The Morgan fingerprint density at radius 1 is 1.47 bits per heavy atom. The maximum absolute atomic E-state index is 10.9. The van der Waals surface area contributed by atoms with Gasteiger partial charge in [0.1, 0.15) is 0 Å². The predicted octanol–water partition coefficient (Wildman–Crippen LogP) is 0.528. The Morgan fingerprint density at radius 2 is 2.20 bits per heavy atom. The molecule has 0 spiro atoms. The molecular weight excluding hydrogens is 190 g/mol. The van der Waals surface area contributed by atoms with Gasteiger partial charge in [0, 0.05) is 24.9 Å². The van der Waals surface area contributed by atoms with Crippen molar-refractivity contribution in [1.29, 1.82) is 0 Å². The van der Waals surface area contributed by atoms with E-state index in [2.05, 4.69) is 10.3 Å². The van der Waals surface area contributed by atoms with E-state index in [-0.39, 0.29) is 5.91 Å². The summed E-state index contributed by atoms with van der Waals surface area (Å²) in [5, 5.41) is 3.03. The second kappa shape index (κ2) is 4.13. The third-order valence-electron chi connectivity index (χ3n) is 2.59. The topological polar surface area (TPSA) is 68.0 Å². The van der Waals surface area contributed by atoms with Gasteiger partial charge in [0.05, 0.1) is 5.70 Å². The summed E-state index contributed by atoms with van der Waals surface area (Å²) in [6, 6.07) is 3.99. The van der Waals surface area contributed by atoms with E-state index in [1.54, 1.807) is 12.4 Å². The molecule has 0 aliphatic carbocycles. The van der Waals surface area contributed by atoms with Crippen LogP contribution in [0.5, 0.6) is 0 Å². The lowest BCUT2D eigenvalue weighted by molar-refractivity contribution is -0.115. The molecule has 0 aromatic carbocycles. The highest BCUT2D eigenvalue weighted by molar-refractivity contribution is 5.91. The zero-order valence-electron chi connectivity index (χ0n) is 8.31. The first-order chi connectivity index (χ1) is 7.27. The zero-order valence-corrected chi connectivity index (χ0v) is 8.31. The SMILES string of the molecule is NC(=O)C1=CCC(c2ccncc2)CN1. The first-order valence-corrected chi connectivity index (χ1v) is 4.91. The van der Waals surface area contributed by atoms with Crippen LogP contribution < -0.4 is 11.1 Å². The molecule has 0 bridgehead atoms. The quantitative estimate of drug-likeness (QED) is 0.736. The molecule has 0 saturated heterocycles. The third-order valence-corrected chi connectivity index (χ3v) is 2.59. The Labute approximate surface area is 88.2 Å². The van der Waals surface area contributed by atoms with Gasteiger partial charge in [-0.2, -0.15) is 0 Å². The van der Waals surface area contributed by atoms with E-state index in [1.807, 2.05) is 18.2 Å². The van der Waals surface area contributed by atoms with E-state index in [9.17, 15) is 4.79 Å². The molecule has 1 atom stereocenters. The van der Waals surface area contributed by atoms with Gasteiger partial charge >= 0.3 is 0 Å². The van der Waals surface area contributed by atoms with E-state index >= 15 is 0 Å². The van der Waals surface area contributed by atoms with Gasteiger partial charge in [0.2, 0.25) is 0 Å². The highest BCUT2D eigenvalue weighted by Gasteiger charge is 2.17. The van der Waals surface area contributed by atoms with Crippen molar-refractivity contribution in [3.05, 3.63) is 41.9 Å². The minimum Gasteiger partial charge on any atom is -0.380 e. The molecular formula is C11H13N3O. The molecule has 1 aliphatic heterocycles. The van der Waals surface area contributed by atoms with Crippen molar-refractivity contribution in [2.24, 2.45) is 5.73 Å². The first-order valence-electron chi connectivity index (χ1n) is 4.91. The molecule has 15 heavy (non-hydrogen) atoms. The summed E-state index contributed by atoms with van der Waals surface area (Å²) >= 11 is 0. The molecule has 0 saturated carbocycles. The van der Waals surface area contributed by atoms with Crippen LogP contribution in [-0.2, 0) is 4.79 Å². The van der Waals surface area contributed by atoms with Crippen molar-refractivity contribution < 1.29 is 4.79 Å². The van der Waals surface area contributed by atoms with Gasteiger partial charge in [-0.25, -0.2) is 0 Å². The number of pyridine rings is 1. The number of nitrogens with two attached hydrogens (primary N) is 1. The molecule has 2 heterocycles. The summed E-state index contributed by atoms with van der Waals surface area (Å²) in [5.41, 5.74) is 6.93. The molecule has 0 radical (unpaired) electrons. The van der Waals surface area contributed by atoms with Crippen molar-refractivity contribution in [3.8, 4) is 0 Å². The highest BCUT2D eigenvalue weighted by Crippen LogP contribution is 2.22. The van der Waals surface area contributed by atoms with Gasteiger partial charge in [-0.1, -0.05) is 6.08 Å². The Bertz CT molecular complexity index is 386. The molecule has 1 aliphatic rings. The van der Waals surface area contributed by atoms with Gasteiger partial charge in [0.25, 0.3) is 5.91 Å². The highest BCUT2D eigenvalue weighted by atomic mass is 16.1. The zero-order chi connectivity index (χ0) is 10.7. The van der Waals surface area contributed by atoms with Crippen LogP contribution in [0.25, 0.3) is 0 Å². The summed E-state index contributed by atoms with van der Waals surface area (Å²) in [5.74, 6) is 0.0132. The number of allylic oxidation sites excluding steroid dienone is 1. The molecule has 2 rings (SSSR count). The standard InChI is InChI=1S/C11H13N3O/c12-11(15)10-2-1-9(7-14-10)8-3-5-13-6-4-8/h2-6,9,14H,1,7H2,(H2,12,15). The van der Waals surface area contributed by atoms with Crippen molar-refractivity contribution in [2.45, 2.75) is 12.3 Å². The van der Waals surface area contributed by atoms with Gasteiger partial charge in [-0.05, 0) is 24.1 Å². The Balaban J connectivity index is 2.09. The lowest BCUT2D eigenvalue weighted by Crippen LogP contribution is -2.32. The van der Waals surface area contributed by atoms with Crippen LogP contribution in [0.15, 0.2) is 36.3 Å². The Morgan fingerprint density at radius 3 is 2.73 bits per heavy atom. The summed E-state index contributed by atoms with van der Waals surface area (Å²) in [4.78, 5) is 14.9. The molecule has 0 fully saturated rings. The van der Waals surface area contributed by atoms with Crippen LogP contribution in [0.2, 0.25) is 0 Å². The fourth-order valence-corrected chi connectivity index (χ4v) is 1.73. The van der Waals surface area contributed by atoms with E-state index in [4.69, 9.17) is 5.73 Å². The number of primary amides is 1. The predicted molar refractivity (Wildman–Crippen MR) is 56.9 cm³/mol. The number of aromatic nitrogens is 1. The molecule has 1 unspecified atom stereocenters. The molecule has 1 aromatic heterocycles. The van der Waals surface area contributed by atoms with Crippen molar-refractivity contribution in [1.82, 2.24) is 10.3 Å². The van der Waals surface area contributed by atoms with E-state index < -0.39 is 0 Å². The summed E-state index contributed by atoms with van der Waals surface area (Å²) in [6.45, 7) is 0.749. The number of hydrogen-bond donors (Lipinski definition) is 2. The second-order valence-electron chi connectivity index (χ2n) is 3.58. The minimum absolute atomic E-state index is 0.386. The molecule has 4 heteroatoms. The average molecular weight is 203 g/mol. The van der Waals surface area contributed by atoms with Crippen molar-refractivity contribution >= 4 is 5.91 Å². The van der Waals surface area contributed by atoms with Gasteiger partial charge < -0.3 is 11.1 Å². The smallest absolute Gasteiger partial charge is 0.264 e. The fraction of sp³-hybridized carbons (Fsp3) is 0.273. The van der Waals surface area contributed by atoms with Gasteiger partial charge in [-0.3, -0.25) is 9.78 Å². The third kappa shape index (κ3) is 2.15. The number of nitrogens with one attached hydrogen (secondary N) is 1. The normalized spacial score (nSPS) is 20.3. The number of hydrogen-bond acceptors (Lipinski definition) is 3. The lowest BCUT2D eigenvalue weighted by atomic mass is 9.93. The Kier molecular flexibility index (Phi) is 2.67. The summed E-state index contributed by atoms with van der Waals surface area (Å²) in [6.07, 6.45) is 6.26. The largest absolute Gasteiger partial charge is 0.380 e. The minimum atomic E-state index is -0.386. The Hall–Kier alpha value is -1.84. The second-order valence-corrected chi connectivity index (χ2v) is 3.58. The number of carbonyl (C=O) groups is 1. The molecule has 3 N–H and O–H groups in total. The first kappa shape index (κ1) is 9.71. The van der Waals surface area contributed by atoms with E-state index in [0.29, 0.717) is 11.6 Å².